The Bertz CT molecular complexity index is 635. The monoisotopic (exact) mass is 316 g/mol. The third-order valence-electron chi connectivity index (χ3n) is 6.38. The van der Waals surface area contributed by atoms with Crippen molar-refractivity contribution in [2.24, 2.45) is 21.8 Å². The zero-order valence-electron chi connectivity index (χ0n) is 14.2. The molecule has 1 aromatic carbocycles. The van der Waals surface area contributed by atoms with E-state index in [1.165, 1.54) is 18.6 Å². The number of fused-ring (bicyclic) bond motifs is 2. The van der Waals surface area contributed by atoms with E-state index < -0.39 is 0 Å². The summed E-state index contributed by atoms with van der Waals surface area (Å²) in [5.74, 6) is 0.352. The lowest BCUT2D eigenvalue weighted by Crippen LogP contribution is -2.34. The van der Waals surface area contributed by atoms with E-state index in [1.807, 2.05) is 0 Å². The molecule has 0 aromatic heterocycles. The normalized spacial score (nSPS) is 29.9. The fourth-order valence-electron chi connectivity index (χ4n) is 4.19. The van der Waals surface area contributed by atoms with Crippen LogP contribution >= 0.6 is 0 Å². The van der Waals surface area contributed by atoms with E-state index in [0.717, 1.165) is 24.1 Å². The number of halogens is 1. The van der Waals surface area contributed by atoms with E-state index in [1.54, 1.807) is 12.1 Å². The standard InChI is InChI=1S/C19H25FN2O/c1-18(2)14-10-11-19(18,3)16(12-14)21-22-17(23)9-6-13-4-7-15(20)8-5-13/h4-5,7-8,14H,6,9-12H2,1-3H3,(H,22,23)/b21-16+/t14-,19+/m0/s1. The molecule has 2 aliphatic carbocycles. The molecule has 124 valence electrons. The van der Waals surface area contributed by atoms with Crippen molar-refractivity contribution in [1.82, 2.24) is 5.43 Å². The van der Waals surface area contributed by atoms with Crippen molar-refractivity contribution in [3.63, 3.8) is 0 Å². The molecule has 0 unspecified atom stereocenters. The van der Waals surface area contributed by atoms with Gasteiger partial charge in [0.2, 0.25) is 5.91 Å². The zero-order valence-corrected chi connectivity index (χ0v) is 14.2. The molecule has 2 saturated carbocycles. The Labute approximate surface area is 137 Å². The number of carbonyl (C=O) groups excluding carboxylic acids is 1. The molecule has 4 heteroatoms. The molecule has 1 amide bonds. The summed E-state index contributed by atoms with van der Waals surface area (Å²) in [5, 5.41) is 4.46. The van der Waals surface area contributed by atoms with Crippen molar-refractivity contribution in [1.29, 1.82) is 0 Å². The van der Waals surface area contributed by atoms with Gasteiger partial charge in [0, 0.05) is 17.5 Å². The average Bonchev–Trinajstić information content (AvgIpc) is 2.85. The number of nitrogens with zero attached hydrogens (tertiary/aromatic N) is 1. The number of nitrogens with one attached hydrogen (secondary N) is 1. The second-order valence-corrected chi connectivity index (χ2v) is 7.71. The molecule has 1 aromatic rings. The molecule has 2 bridgehead atoms. The Morgan fingerprint density at radius 2 is 2.00 bits per heavy atom. The van der Waals surface area contributed by atoms with Crippen LogP contribution in [0.3, 0.4) is 0 Å². The Kier molecular flexibility index (Phi) is 4.03. The lowest BCUT2D eigenvalue weighted by atomic mass is 9.70. The minimum Gasteiger partial charge on any atom is -0.273 e. The molecule has 0 aliphatic heterocycles. The molecule has 0 radical (unpaired) electrons. The number of benzene rings is 1. The highest BCUT2D eigenvalue weighted by molar-refractivity contribution is 5.95. The molecule has 2 fully saturated rings. The average molecular weight is 316 g/mol. The molecule has 3 rings (SSSR count). The van der Waals surface area contributed by atoms with E-state index in [-0.39, 0.29) is 22.6 Å². The van der Waals surface area contributed by atoms with Crippen LogP contribution in [0.4, 0.5) is 4.39 Å². The minimum atomic E-state index is -0.253. The lowest BCUT2D eigenvalue weighted by Gasteiger charge is -2.34. The number of rotatable bonds is 4. The first kappa shape index (κ1) is 16.2. The molecule has 1 N–H and O–H groups in total. The molecule has 0 heterocycles. The van der Waals surface area contributed by atoms with Gasteiger partial charge in [-0.15, -0.1) is 0 Å². The molecular formula is C19H25FN2O. The van der Waals surface area contributed by atoms with Crippen LogP contribution in [0.1, 0.15) is 52.0 Å². The SMILES string of the molecule is CC1(C)[C@H]2CC[C@]1(C)/C(=N/NC(=O)CCc1ccc(F)cc1)C2. The first-order valence-electron chi connectivity index (χ1n) is 8.43. The van der Waals surface area contributed by atoms with E-state index in [4.69, 9.17) is 0 Å². The van der Waals surface area contributed by atoms with Gasteiger partial charge >= 0.3 is 0 Å². The first-order chi connectivity index (χ1) is 10.8. The fourth-order valence-corrected chi connectivity index (χ4v) is 4.19. The number of hydrogen-bond acceptors (Lipinski definition) is 2. The summed E-state index contributed by atoms with van der Waals surface area (Å²) in [7, 11) is 0. The van der Waals surface area contributed by atoms with E-state index in [2.05, 4.69) is 31.3 Å². The summed E-state index contributed by atoms with van der Waals surface area (Å²) in [6.45, 7) is 6.93. The Morgan fingerprint density at radius 3 is 2.57 bits per heavy atom. The molecule has 2 aliphatic rings. The van der Waals surface area contributed by atoms with Crippen LogP contribution in [-0.4, -0.2) is 11.6 Å². The second-order valence-electron chi connectivity index (χ2n) is 7.71. The van der Waals surface area contributed by atoms with Crippen molar-refractivity contribution < 1.29 is 9.18 Å². The third-order valence-corrected chi connectivity index (χ3v) is 6.38. The van der Waals surface area contributed by atoms with E-state index in [0.29, 0.717) is 18.8 Å². The van der Waals surface area contributed by atoms with Gasteiger partial charge in [0.15, 0.2) is 0 Å². The van der Waals surface area contributed by atoms with Crippen molar-refractivity contribution in [2.45, 2.75) is 52.9 Å². The first-order valence-corrected chi connectivity index (χ1v) is 8.43. The molecule has 3 nitrogen and oxygen atoms in total. The number of amides is 1. The van der Waals surface area contributed by atoms with Crippen LogP contribution in [0.15, 0.2) is 29.4 Å². The maximum atomic E-state index is 12.9. The summed E-state index contributed by atoms with van der Waals surface area (Å²) in [5.41, 5.74) is 5.22. The third kappa shape index (κ3) is 2.79. The number of hydrogen-bond donors (Lipinski definition) is 1. The fraction of sp³-hybridized carbons (Fsp3) is 0.579. The molecule has 0 saturated heterocycles. The lowest BCUT2D eigenvalue weighted by molar-refractivity contribution is -0.121. The highest BCUT2D eigenvalue weighted by Crippen LogP contribution is 2.63. The van der Waals surface area contributed by atoms with Gasteiger partial charge in [0.25, 0.3) is 0 Å². The topological polar surface area (TPSA) is 41.5 Å². The van der Waals surface area contributed by atoms with Gasteiger partial charge in [-0.2, -0.15) is 5.10 Å². The van der Waals surface area contributed by atoms with Crippen molar-refractivity contribution in [2.75, 3.05) is 0 Å². The Morgan fingerprint density at radius 1 is 1.30 bits per heavy atom. The predicted octanol–water partition coefficient (Wildman–Crippen LogP) is 4.08. The smallest absolute Gasteiger partial charge is 0.240 e. The molecule has 0 spiro atoms. The number of aryl methyl sites for hydroxylation is 1. The van der Waals surface area contributed by atoms with Crippen LogP contribution in [0.5, 0.6) is 0 Å². The highest BCUT2D eigenvalue weighted by atomic mass is 19.1. The van der Waals surface area contributed by atoms with Crippen molar-refractivity contribution in [3.8, 4) is 0 Å². The summed E-state index contributed by atoms with van der Waals surface area (Å²) >= 11 is 0. The van der Waals surface area contributed by atoms with Crippen molar-refractivity contribution in [3.05, 3.63) is 35.6 Å². The van der Waals surface area contributed by atoms with E-state index in [9.17, 15) is 9.18 Å². The van der Waals surface area contributed by atoms with Crippen LogP contribution in [0.25, 0.3) is 0 Å². The zero-order chi connectivity index (χ0) is 16.7. The number of hydrazone groups is 1. The van der Waals surface area contributed by atoms with Crippen LogP contribution < -0.4 is 5.43 Å². The molecule has 2 atom stereocenters. The summed E-state index contributed by atoms with van der Waals surface area (Å²) in [6.07, 6.45) is 4.39. The molecule has 23 heavy (non-hydrogen) atoms. The van der Waals surface area contributed by atoms with E-state index >= 15 is 0 Å². The van der Waals surface area contributed by atoms with Crippen LogP contribution in [0, 0.1) is 22.6 Å². The summed E-state index contributed by atoms with van der Waals surface area (Å²) in [4.78, 5) is 12.0. The van der Waals surface area contributed by atoms with Gasteiger partial charge < -0.3 is 0 Å². The predicted molar refractivity (Wildman–Crippen MR) is 89.5 cm³/mol. The largest absolute Gasteiger partial charge is 0.273 e. The maximum absolute atomic E-state index is 12.9. The summed E-state index contributed by atoms with van der Waals surface area (Å²) < 4.78 is 12.9. The number of carbonyl (C=O) groups is 1. The van der Waals surface area contributed by atoms with Gasteiger partial charge in [-0.3, -0.25) is 4.79 Å². The van der Waals surface area contributed by atoms with Gasteiger partial charge in [-0.25, -0.2) is 9.82 Å². The minimum absolute atomic E-state index is 0.0778. The van der Waals surface area contributed by atoms with Crippen molar-refractivity contribution >= 4 is 11.6 Å². The van der Waals surface area contributed by atoms with Crippen LogP contribution in [0.2, 0.25) is 0 Å². The highest BCUT2D eigenvalue weighted by Gasteiger charge is 2.59. The van der Waals surface area contributed by atoms with Gasteiger partial charge in [-0.05, 0) is 54.7 Å². The quantitative estimate of drug-likeness (QED) is 0.836. The van der Waals surface area contributed by atoms with Gasteiger partial charge in [0.1, 0.15) is 5.82 Å². The maximum Gasteiger partial charge on any atom is 0.240 e. The Hall–Kier alpha value is -1.71. The van der Waals surface area contributed by atoms with Gasteiger partial charge in [-0.1, -0.05) is 32.9 Å². The second kappa shape index (κ2) is 5.73. The summed E-state index contributed by atoms with van der Waals surface area (Å²) in [6, 6.07) is 6.28. The van der Waals surface area contributed by atoms with Gasteiger partial charge in [0.05, 0.1) is 0 Å². The Balaban J connectivity index is 1.56. The molecular weight excluding hydrogens is 291 g/mol. The van der Waals surface area contributed by atoms with Crippen LogP contribution in [-0.2, 0) is 11.2 Å².